The standard InChI is InChI=1S/C53H34N2O2/c1-3-10-35(11-4-1)36-18-25-42(26-19-36)55(44-29-22-39(23-30-44)46-17-9-15-38-12-7-8-16-45(38)46)43-27-20-37(21-28-43)41-24-32-49-47(34-41)51-50(56-49)33-31-48-52(51)57-53(54-48)40-13-5-2-6-14-40/h1-34H. The lowest BCUT2D eigenvalue weighted by Gasteiger charge is -2.26. The number of aromatic nitrogens is 1. The van der Waals surface area contributed by atoms with E-state index in [9.17, 15) is 0 Å². The van der Waals surface area contributed by atoms with E-state index in [-0.39, 0.29) is 0 Å². The fourth-order valence-electron chi connectivity index (χ4n) is 8.08. The van der Waals surface area contributed by atoms with Gasteiger partial charge in [-0.1, -0.05) is 133 Å². The van der Waals surface area contributed by atoms with Crippen molar-refractivity contribution in [1.29, 1.82) is 0 Å². The van der Waals surface area contributed by atoms with E-state index in [2.05, 4.69) is 169 Å². The summed E-state index contributed by atoms with van der Waals surface area (Å²) in [6, 6.07) is 72.5. The third-order valence-electron chi connectivity index (χ3n) is 10.9. The van der Waals surface area contributed by atoms with Crippen molar-refractivity contribution in [3.8, 4) is 44.8 Å². The SMILES string of the molecule is c1ccc(-c2ccc(N(c3ccc(-c4ccc5oc6ccc7nc(-c8ccccc8)oc7c6c5c4)cc3)c3ccc(-c4cccc5ccccc45)cc3)cc2)cc1. The maximum Gasteiger partial charge on any atom is 0.227 e. The second kappa shape index (κ2) is 13.6. The summed E-state index contributed by atoms with van der Waals surface area (Å²) >= 11 is 0. The van der Waals surface area contributed by atoms with Crippen LogP contribution >= 0.6 is 0 Å². The molecule has 0 saturated carbocycles. The Morgan fingerprint density at radius 2 is 0.912 bits per heavy atom. The van der Waals surface area contributed by atoms with Crippen molar-refractivity contribution in [2.45, 2.75) is 0 Å². The Kier molecular flexibility index (Phi) is 7.78. The van der Waals surface area contributed by atoms with Crippen molar-refractivity contribution in [2.75, 3.05) is 4.90 Å². The molecule has 0 fully saturated rings. The van der Waals surface area contributed by atoms with Gasteiger partial charge < -0.3 is 13.7 Å². The molecule has 9 aromatic carbocycles. The minimum Gasteiger partial charge on any atom is -0.456 e. The summed E-state index contributed by atoms with van der Waals surface area (Å²) < 4.78 is 12.7. The summed E-state index contributed by atoms with van der Waals surface area (Å²) in [6.07, 6.45) is 0. The Morgan fingerprint density at radius 1 is 0.368 bits per heavy atom. The van der Waals surface area contributed by atoms with E-state index < -0.39 is 0 Å². The molecule has 0 spiro atoms. The first-order valence-electron chi connectivity index (χ1n) is 19.2. The van der Waals surface area contributed by atoms with Gasteiger partial charge in [-0.3, -0.25) is 0 Å². The largest absolute Gasteiger partial charge is 0.456 e. The first-order valence-corrected chi connectivity index (χ1v) is 19.2. The van der Waals surface area contributed by atoms with Crippen LogP contribution in [0, 0.1) is 0 Å². The van der Waals surface area contributed by atoms with E-state index >= 15 is 0 Å². The number of hydrogen-bond acceptors (Lipinski definition) is 4. The van der Waals surface area contributed by atoms with E-state index in [1.54, 1.807) is 0 Å². The molecule has 0 N–H and O–H groups in total. The smallest absolute Gasteiger partial charge is 0.227 e. The zero-order chi connectivity index (χ0) is 37.7. The minimum absolute atomic E-state index is 0.599. The zero-order valence-electron chi connectivity index (χ0n) is 30.8. The topological polar surface area (TPSA) is 42.4 Å². The third kappa shape index (κ3) is 5.83. The second-order valence-electron chi connectivity index (χ2n) is 14.4. The lowest BCUT2D eigenvalue weighted by Crippen LogP contribution is -2.09. The number of furan rings is 1. The first-order chi connectivity index (χ1) is 28.2. The normalized spacial score (nSPS) is 11.5. The van der Waals surface area contributed by atoms with E-state index in [0.717, 1.165) is 66.8 Å². The lowest BCUT2D eigenvalue weighted by molar-refractivity contribution is 0.622. The third-order valence-corrected chi connectivity index (χ3v) is 10.9. The van der Waals surface area contributed by atoms with Crippen LogP contribution in [-0.4, -0.2) is 4.98 Å². The molecule has 4 heteroatoms. The molecule has 11 aromatic rings. The molecule has 11 rings (SSSR count). The van der Waals surface area contributed by atoms with Crippen LogP contribution in [-0.2, 0) is 0 Å². The van der Waals surface area contributed by atoms with Crippen LogP contribution in [0.3, 0.4) is 0 Å². The predicted molar refractivity (Wildman–Crippen MR) is 235 cm³/mol. The van der Waals surface area contributed by atoms with Gasteiger partial charge in [-0.05, 0) is 117 Å². The van der Waals surface area contributed by atoms with Crippen molar-refractivity contribution in [3.05, 3.63) is 206 Å². The van der Waals surface area contributed by atoms with E-state index in [1.165, 1.54) is 33.0 Å². The number of anilines is 3. The molecule has 0 saturated heterocycles. The van der Waals surface area contributed by atoms with Crippen LogP contribution in [0.15, 0.2) is 215 Å². The molecular weight excluding hydrogens is 697 g/mol. The van der Waals surface area contributed by atoms with Gasteiger partial charge in [0.15, 0.2) is 5.58 Å². The van der Waals surface area contributed by atoms with Crippen LogP contribution in [0.5, 0.6) is 0 Å². The lowest BCUT2D eigenvalue weighted by atomic mass is 9.98. The van der Waals surface area contributed by atoms with Gasteiger partial charge in [0, 0.05) is 28.0 Å². The number of nitrogens with zero attached hydrogens (tertiary/aromatic N) is 2. The van der Waals surface area contributed by atoms with Gasteiger partial charge in [-0.15, -0.1) is 0 Å². The molecule has 0 atom stereocenters. The highest BCUT2D eigenvalue weighted by atomic mass is 16.4. The second-order valence-corrected chi connectivity index (χ2v) is 14.4. The molecule has 0 aliphatic rings. The van der Waals surface area contributed by atoms with E-state index in [0.29, 0.717) is 5.89 Å². The van der Waals surface area contributed by atoms with Crippen molar-refractivity contribution in [2.24, 2.45) is 0 Å². The number of benzene rings is 9. The van der Waals surface area contributed by atoms with Crippen LogP contribution in [0.4, 0.5) is 17.1 Å². The molecule has 0 radical (unpaired) electrons. The molecule has 0 aliphatic heterocycles. The van der Waals surface area contributed by atoms with Gasteiger partial charge in [0.2, 0.25) is 5.89 Å². The maximum atomic E-state index is 6.41. The van der Waals surface area contributed by atoms with Crippen molar-refractivity contribution >= 4 is 60.9 Å². The summed E-state index contributed by atoms with van der Waals surface area (Å²) in [5.41, 5.74) is 14.3. The van der Waals surface area contributed by atoms with Gasteiger partial charge in [-0.25, -0.2) is 4.98 Å². The summed E-state index contributed by atoms with van der Waals surface area (Å²) in [5.74, 6) is 0.599. The van der Waals surface area contributed by atoms with E-state index in [1.807, 2.05) is 42.5 Å². The molecule has 0 aliphatic carbocycles. The fourth-order valence-corrected chi connectivity index (χ4v) is 8.08. The fraction of sp³-hybridized carbons (Fsp3) is 0. The predicted octanol–water partition coefficient (Wildman–Crippen LogP) is 15.0. The van der Waals surface area contributed by atoms with Crippen LogP contribution in [0.2, 0.25) is 0 Å². The van der Waals surface area contributed by atoms with Gasteiger partial charge >= 0.3 is 0 Å². The number of hydrogen-bond donors (Lipinski definition) is 0. The minimum atomic E-state index is 0.599. The molecule has 0 amide bonds. The summed E-state index contributed by atoms with van der Waals surface area (Å²) in [5, 5.41) is 4.43. The number of fused-ring (bicyclic) bond motifs is 6. The summed E-state index contributed by atoms with van der Waals surface area (Å²) in [7, 11) is 0. The van der Waals surface area contributed by atoms with Crippen molar-refractivity contribution in [3.63, 3.8) is 0 Å². The Hall–Kier alpha value is -7.69. The molecule has 268 valence electrons. The molecule has 0 unspecified atom stereocenters. The molecule has 2 heterocycles. The maximum absolute atomic E-state index is 6.41. The highest BCUT2D eigenvalue weighted by Crippen LogP contribution is 2.41. The molecule has 57 heavy (non-hydrogen) atoms. The molecular formula is C53H34N2O2. The van der Waals surface area contributed by atoms with Gasteiger partial charge in [0.25, 0.3) is 0 Å². The van der Waals surface area contributed by atoms with Gasteiger partial charge in [0.1, 0.15) is 16.7 Å². The summed E-state index contributed by atoms with van der Waals surface area (Å²) in [4.78, 5) is 7.14. The molecule has 2 aromatic heterocycles. The Balaban J connectivity index is 0.975. The van der Waals surface area contributed by atoms with Crippen LogP contribution in [0.1, 0.15) is 0 Å². The van der Waals surface area contributed by atoms with E-state index in [4.69, 9.17) is 13.8 Å². The molecule has 0 bridgehead atoms. The first kappa shape index (κ1) is 32.7. The quantitative estimate of drug-likeness (QED) is 0.164. The average Bonchev–Trinajstić information content (AvgIpc) is 3.89. The van der Waals surface area contributed by atoms with Gasteiger partial charge in [0.05, 0.1) is 5.39 Å². The molecule has 4 nitrogen and oxygen atoms in total. The Bertz CT molecular complexity index is 3200. The summed E-state index contributed by atoms with van der Waals surface area (Å²) in [6.45, 7) is 0. The van der Waals surface area contributed by atoms with Crippen LogP contribution < -0.4 is 4.90 Å². The average molecular weight is 731 g/mol. The highest BCUT2D eigenvalue weighted by molar-refractivity contribution is 6.17. The highest BCUT2D eigenvalue weighted by Gasteiger charge is 2.18. The Labute approximate surface area is 329 Å². The zero-order valence-corrected chi connectivity index (χ0v) is 30.8. The van der Waals surface area contributed by atoms with Crippen LogP contribution in [0.25, 0.3) is 88.6 Å². The van der Waals surface area contributed by atoms with Gasteiger partial charge in [-0.2, -0.15) is 0 Å². The number of oxazole rings is 1. The monoisotopic (exact) mass is 730 g/mol. The number of rotatable bonds is 7. The Morgan fingerprint density at radius 3 is 1.61 bits per heavy atom. The van der Waals surface area contributed by atoms with Crippen molar-refractivity contribution in [1.82, 2.24) is 4.98 Å². The van der Waals surface area contributed by atoms with Crippen molar-refractivity contribution < 1.29 is 8.83 Å².